The smallest absolute Gasteiger partial charge is 0.240 e. The van der Waals surface area contributed by atoms with Crippen molar-refractivity contribution in [2.24, 2.45) is 5.92 Å². The van der Waals surface area contributed by atoms with E-state index in [-0.39, 0.29) is 5.91 Å². The summed E-state index contributed by atoms with van der Waals surface area (Å²) in [6.45, 7) is 6.73. The van der Waals surface area contributed by atoms with E-state index in [2.05, 4.69) is 53.7 Å². The Bertz CT molecular complexity index is 605. The molecular weight excluding hydrogens is 324 g/mol. The predicted molar refractivity (Wildman–Crippen MR) is 97.9 cm³/mol. The second-order valence-corrected chi connectivity index (χ2v) is 9.70. The number of hydrogen-bond donors (Lipinski definition) is 1. The molecular formula is C18H24N2OS2. The van der Waals surface area contributed by atoms with Gasteiger partial charge in [-0.15, -0.1) is 23.1 Å². The van der Waals surface area contributed by atoms with Crippen molar-refractivity contribution >= 4 is 29.0 Å². The van der Waals surface area contributed by atoms with Crippen LogP contribution in [0.5, 0.6) is 0 Å². The molecule has 3 saturated heterocycles. The third kappa shape index (κ3) is 2.77. The topological polar surface area (TPSA) is 32.3 Å². The molecule has 0 saturated carbocycles. The van der Waals surface area contributed by atoms with Crippen molar-refractivity contribution in [3.63, 3.8) is 0 Å². The zero-order chi connectivity index (χ0) is 16.0. The lowest BCUT2D eigenvalue weighted by Crippen LogP contribution is -2.63. The molecule has 4 aliphatic heterocycles. The van der Waals surface area contributed by atoms with Crippen molar-refractivity contribution in [2.75, 3.05) is 13.1 Å². The highest BCUT2D eigenvalue weighted by atomic mass is 32.2. The van der Waals surface area contributed by atoms with Gasteiger partial charge in [-0.3, -0.25) is 9.69 Å². The summed E-state index contributed by atoms with van der Waals surface area (Å²) in [7, 11) is 0. The fourth-order valence-electron chi connectivity index (χ4n) is 4.19. The van der Waals surface area contributed by atoms with Gasteiger partial charge in [0, 0.05) is 17.0 Å². The molecule has 0 aliphatic carbocycles. The molecule has 4 atom stereocenters. The molecule has 1 amide bonds. The molecule has 1 aromatic heterocycles. The number of fused-ring (bicyclic) bond motifs is 3. The largest absolute Gasteiger partial charge is 0.350 e. The molecule has 5 rings (SSSR count). The molecule has 4 aliphatic rings. The number of thioether (sulfide) groups is 1. The van der Waals surface area contributed by atoms with E-state index < -0.39 is 4.75 Å². The molecule has 0 spiro atoms. The number of carbonyl (C=O) groups is 1. The minimum atomic E-state index is -0.444. The number of piperidine rings is 3. The Morgan fingerprint density at radius 2 is 2.17 bits per heavy atom. The SMILES string of the molecule is C[C@H]1[C@H](NC(=O)C2(C)C=CC(c3cccs3)S2)C2CCN1CC2. The van der Waals surface area contributed by atoms with Crippen LogP contribution in [0.4, 0.5) is 0 Å². The summed E-state index contributed by atoms with van der Waals surface area (Å²) in [5, 5.41) is 5.82. The maximum atomic E-state index is 13.0. The van der Waals surface area contributed by atoms with E-state index >= 15 is 0 Å². The van der Waals surface area contributed by atoms with Crippen molar-refractivity contribution in [2.45, 2.75) is 48.8 Å². The zero-order valence-electron chi connectivity index (χ0n) is 13.7. The normalized spacial score (nSPS) is 42.1. The molecule has 23 heavy (non-hydrogen) atoms. The Balaban J connectivity index is 1.44. The molecule has 1 aromatic rings. The van der Waals surface area contributed by atoms with E-state index in [9.17, 15) is 4.79 Å². The van der Waals surface area contributed by atoms with E-state index in [4.69, 9.17) is 0 Å². The number of nitrogens with one attached hydrogen (secondary N) is 1. The Kier molecular flexibility index (Phi) is 4.06. The van der Waals surface area contributed by atoms with Crippen LogP contribution in [0, 0.1) is 5.92 Å². The highest BCUT2D eigenvalue weighted by Gasteiger charge is 2.44. The van der Waals surface area contributed by atoms with Gasteiger partial charge in [0.15, 0.2) is 0 Å². The van der Waals surface area contributed by atoms with Crippen LogP contribution in [0.25, 0.3) is 0 Å². The van der Waals surface area contributed by atoms with E-state index in [1.807, 2.05) is 0 Å². The molecule has 2 unspecified atom stereocenters. The van der Waals surface area contributed by atoms with Crippen LogP contribution < -0.4 is 5.32 Å². The average molecular weight is 349 g/mol. The molecule has 0 aromatic carbocycles. The van der Waals surface area contributed by atoms with Gasteiger partial charge in [-0.25, -0.2) is 0 Å². The van der Waals surface area contributed by atoms with Crippen LogP contribution in [0.1, 0.15) is 36.8 Å². The average Bonchev–Trinajstić information content (AvgIpc) is 3.21. The molecule has 124 valence electrons. The summed E-state index contributed by atoms with van der Waals surface area (Å²) < 4.78 is -0.444. The van der Waals surface area contributed by atoms with Crippen molar-refractivity contribution in [1.82, 2.24) is 10.2 Å². The Morgan fingerprint density at radius 3 is 2.83 bits per heavy atom. The van der Waals surface area contributed by atoms with Crippen LogP contribution in [0.3, 0.4) is 0 Å². The summed E-state index contributed by atoms with van der Waals surface area (Å²) in [6.07, 6.45) is 6.75. The summed E-state index contributed by atoms with van der Waals surface area (Å²) in [5.41, 5.74) is 0. The van der Waals surface area contributed by atoms with Gasteiger partial charge in [0.25, 0.3) is 0 Å². The van der Waals surface area contributed by atoms with Crippen molar-refractivity contribution < 1.29 is 4.79 Å². The predicted octanol–water partition coefficient (Wildman–Crippen LogP) is 3.45. The van der Waals surface area contributed by atoms with Crippen molar-refractivity contribution in [1.29, 1.82) is 0 Å². The van der Waals surface area contributed by atoms with Gasteiger partial charge in [-0.1, -0.05) is 18.2 Å². The first-order valence-corrected chi connectivity index (χ1v) is 10.3. The number of thiophene rings is 1. The molecule has 5 heterocycles. The third-order valence-electron chi connectivity index (χ3n) is 5.71. The lowest BCUT2D eigenvalue weighted by molar-refractivity contribution is -0.125. The molecule has 5 heteroatoms. The van der Waals surface area contributed by atoms with Gasteiger partial charge < -0.3 is 5.32 Å². The standard InChI is InChI=1S/C18H24N2OS2/c1-12-16(13-6-9-20(12)10-7-13)19-17(21)18(2)8-5-15(23-18)14-4-3-11-22-14/h3-5,8,11-13,15-16H,6-7,9-10H2,1-2H3,(H,19,21)/t12-,15?,16-,18?/m0/s1. The molecule has 0 radical (unpaired) electrons. The maximum Gasteiger partial charge on any atom is 0.240 e. The van der Waals surface area contributed by atoms with Gasteiger partial charge >= 0.3 is 0 Å². The minimum absolute atomic E-state index is 0.184. The van der Waals surface area contributed by atoms with Crippen LogP contribution in [0.2, 0.25) is 0 Å². The Morgan fingerprint density at radius 1 is 1.39 bits per heavy atom. The summed E-state index contributed by atoms with van der Waals surface area (Å²) in [6, 6.07) is 5.03. The first-order valence-electron chi connectivity index (χ1n) is 8.52. The van der Waals surface area contributed by atoms with Crippen molar-refractivity contribution in [3.8, 4) is 0 Å². The monoisotopic (exact) mass is 348 g/mol. The van der Waals surface area contributed by atoms with E-state index in [1.165, 1.54) is 30.8 Å². The fraction of sp³-hybridized carbons (Fsp3) is 0.611. The molecule has 3 nitrogen and oxygen atoms in total. The second-order valence-electron chi connectivity index (χ2n) is 7.13. The first kappa shape index (κ1) is 15.7. The van der Waals surface area contributed by atoms with Crippen LogP contribution in [0.15, 0.2) is 29.7 Å². The molecule has 1 N–H and O–H groups in total. The van der Waals surface area contributed by atoms with Gasteiger partial charge in [0.05, 0.1) is 5.25 Å². The van der Waals surface area contributed by atoms with Gasteiger partial charge in [0.1, 0.15) is 4.75 Å². The fourth-order valence-corrected chi connectivity index (χ4v) is 6.39. The van der Waals surface area contributed by atoms with E-state index in [1.54, 1.807) is 23.1 Å². The van der Waals surface area contributed by atoms with Gasteiger partial charge in [-0.05, 0) is 57.1 Å². The second kappa shape index (κ2) is 5.94. The Labute approximate surface area is 146 Å². The van der Waals surface area contributed by atoms with Crippen LogP contribution >= 0.6 is 23.1 Å². The third-order valence-corrected chi connectivity index (χ3v) is 8.29. The van der Waals surface area contributed by atoms with Gasteiger partial charge in [-0.2, -0.15) is 0 Å². The highest BCUT2D eigenvalue weighted by Crippen LogP contribution is 2.48. The lowest BCUT2D eigenvalue weighted by Gasteiger charge is -2.50. The van der Waals surface area contributed by atoms with E-state index in [0.29, 0.717) is 23.3 Å². The van der Waals surface area contributed by atoms with Gasteiger partial charge in [0.2, 0.25) is 5.91 Å². The minimum Gasteiger partial charge on any atom is -0.350 e. The number of rotatable bonds is 3. The lowest BCUT2D eigenvalue weighted by atomic mass is 9.79. The van der Waals surface area contributed by atoms with Crippen LogP contribution in [-0.4, -0.2) is 40.7 Å². The first-order chi connectivity index (χ1) is 11.1. The number of amides is 1. The quantitative estimate of drug-likeness (QED) is 0.849. The number of nitrogens with zero attached hydrogens (tertiary/aromatic N) is 1. The van der Waals surface area contributed by atoms with E-state index in [0.717, 1.165) is 0 Å². The highest BCUT2D eigenvalue weighted by molar-refractivity contribution is 8.02. The summed E-state index contributed by atoms with van der Waals surface area (Å²) in [5.74, 6) is 0.842. The zero-order valence-corrected chi connectivity index (χ0v) is 15.3. The summed E-state index contributed by atoms with van der Waals surface area (Å²) in [4.78, 5) is 16.8. The molecule has 2 bridgehead atoms. The van der Waals surface area contributed by atoms with Crippen molar-refractivity contribution in [3.05, 3.63) is 34.5 Å². The molecule has 3 fully saturated rings. The van der Waals surface area contributed by atoms with Crippen LogP contribution in [-0.2, 0) is 4.79 Å². The maximum absolute atomic E-state index is 13.0. The number of hydrogen-bond acceptors (Lipinski definition) is 4. The Hall–Kier alpha value is -0.780. The summed E-state index contributed by atoms with van der Waals surface area (Å²) >= 11 is 3.53. The number of carbonyl (C=O) groups excluding carboxylic acids is 1.